The molecule has 22 heavy (non-hydrogen) atoms. The number of halogens is 1. The summed E-state index contributed by atoms with van der Waals surface area (Å²) in [6.45, 7) is 2.29. The molecule has 0 atom stereocenters. The Bertz CT molecular complexity index is 651. The average Bonchev–Trinajstić information content (AvgIpc) is 3.08. The number of amides is 1. The lowest BCUT2D eigenvalue weighted by Crippen LogP contribution is -2.27. The fraction of sp³-hybridized carbons (Fsp3) is 0.278. The molecule has 1 heterocycles. The highest BCUT2D eigenvalue weighted by Crippen LogP contribution is 2.24. The van der Waals surface area contributed by atoms with Crippen LogP contribution in [0.2, 0.25) is 0 Å². The minimum Gasteiger partial charge on any atom is -0.488 e. The molecule has 2 aromatic rings. The number of carbonyl (C=O) groups is 1. The smallest absolute Gasteiger partial charge is 0.253 e. The van der Waals surface area contributed by atoms with E-state index in [0.29, 0.717) is 6.61 Å². The third-order valence-corrected chi connectivity index (χ3v) is 4.65. The minimum absolute atomic E-state index is 0.130. The van der Waals surface area contributed by atoms with Gasteiger partial charge in [0.1, 0.15) is 12.4 Å². The summed E-state index contributed by atoms with van der Waals surface area (Å²) in [6.07, 6.45) is 2.22. The molecule has 3 rings (SSSR count). The third kappa shape index (κ3) is 3.61. The number of nitrogens with zero attached hydrogens (tertiary/aromatic N) is 1. The molecule has 0 bridgehead atoms. The van der Waals surface area contributed by atoms with E-state index < -0.39 is 0 Å². The molecule has 114 valence electrons. The topological polar surface area (TPSA) is 29.5 Å². The van der Waals surface area contributed by atoms with Crippen LogP contribution in [0.15, 0.2) is 48.5 Å². The molecule has 1 aliphatic heterocycles. The fourth-order valence-corrected chi connectivity index (χ4v) is 3.26. The lowest BCUT2D eigenvalue weighted by Gasteiger charge is -2.16. The first-order valence-corrected chi connectivity index (χ1v) is 8.57. The van der Waals surface area contributed by atoms with Crippen LogP contribution in [-0.2, 0) is 6.61 Å². The first kappa shape index (κ1) is 15.3. The van der Waals surface area contributed by atoms with Crippen molar-refractivity contribution in [2.45, 2.75) is 19.4 Å². The van der Waals surface area contributed by atoms with Crippen LogP contribution in [0, 0.1) is 3.57 Å². The predicted molar refractivity (Wildman–Crippen MR) is 95.1 cm³/mol. The van der Waals surface area contributed by atoms with E-state index in [0.717, 1.165) is 46.4 Å². The standard InChI is InChI=1S/C18H18INO2/c19-16-12-15(18(21)20-10-4-5-11-20)8-9-17(16)22-13-14-6-2-1-3-7-14/h1-3,6-9,12H,4-5,10-11,13H2. The van der Waals surface area contributed by atoms with Crippen LogP contribution in [0.1, 0.15) is 28.8 Å². The van der Waals surface area contributed by atoms with Crippen molar-refractivity contribution >= 4 is 28.5 Å². The molecule has 0 unspecified atom stereocenters. The van der Waals surface area contributed by atoms with Crippen LogP contribution < -0.4 is 4.74 Å². The molecule has 0 N–H and O–H groups in total. The number of carbonyl (C=O) groups excluding carboxylic acids is 1. The van der Waals surface area contributed by atoms with Gasteiger partial charge in [0.05, 0.1) is 3.57 Å². The Morgan fingerprint density at radius 1 is 1.09 bits per heavy atom. The first-order chi connectivity index (χ1) is 10.7. The largest absolute Gasteiger partial charge is 0.488 e. The van der Waals surface area contributed by atoms with Gasteiger partial charge in [-0.3, -0.25) is 4.79 Å². The van der Waals surface area contributed by atoms with Crippen molar-refractivity contribution in [3.05, 3.63) is 63.2 Å². The number of hydrogen-bond acceptors (Lipinski definition) is 2. The van der Waals surface area contributed by atoms with Crippen molar-refractivity contribution in [3.8, 4) is 5.75 Å². The summed E-state index contributed by atoms with van der Waals surface area (Å²) in [5, 5.41) is 0. The van der Waals surface area contributed by atoms with Gasteiger partial charge < -0.3 is 9.64 Å². The predicted octanol–water partition coefficient (Wildman–Crippen LogP) is 4.11. The molecule has 0 aliphatic carbocycles. The molecule has 0 radical (unpaired) electrons. The normalized spacial score (nSPS) is 14.1. The van der Waals surface area contributed by atoms with E-state index >= 15 is 0 Å². The monoisotopic (exact) mass is 407 g/mol. The van der Waals surface area contributed by atoms with E-state index in [4.69, 9.17) is 4.74 Å². The van der Waals surface area contributed by atoms with Crippen LogP contribution >= 0.6 is 22.6 Å². The van der Waals surface area contributed by atoms with Crippen molar-refractivity contribution in [3.63, 3.8) is 0 Å². The summed E-state index contributed by atoms with van der Waals surface area (Å²) in [6, 6.07) is 15.8. The minimum atomic E-state index is 0.130. The molecule has 1 aliphatic rings. The lowest BCUT2D eigenvalue weighted by atomic mass is 10.2. The van der Waals surface area contributed by atoms with Gasteiger partial charge in [0.25, 0.3) is 5.91 Å². The number of ether oxygens (including phenoxy) is 1. The second kappa shape index (κ2) is 7.13. The zero-order valence-corrected chi connectivity index (χ0v) is 14.5. The zero-order valence-electron chi connectivity index (χ0n) is 12.3. The van der Waals surface area contributed by atoms with E-state index in [1.807, 2.05) is 53.4 Å². The number of likely N-dealkylation sites (tertiary alicyclic amines) is 1. The van der Waals surface area contributed by atoms with Gasteiger partial charge in [-0.1, -0.05) is 30.3 Å². The molecule has 4 heteroatoms. The van der Waals surface area contributed by atoms with Gasteiger partial charge in [0.15, 0.2) is 0 Å². The van der Waals surface area contributed by atoms with Crippen LogP contribution in [0.3, 0.4) is 0 Å². The van der Waals surface area contributed by atoms with Gasteiger partial charge in [-0.2, -0.15) is 0 Å². The molecule has 3 nitrogen and oxygen atoms in total. The molecule has 0 spiro atoms. The molecule has 0 saturated carbocycles. The highest BCUT2D eigenvalue weighted by Gasteiger charge is 2.20. The first-order valence-electron chi connectivity index (χ1n) is 7.49. The zero-order chi connectivity index (χ0) is 15.4. The molecular weight excluding hydrogens is 389 g/mol. The summed E-state index contributed by atoms with van der Waals surface area (Å²) in [5.41, 5.74) is 1.88. The Labute approximate surface area is 144 Å². The summed E-state index contributed by atoms with van der Waals surface area (Å²) >= 11 is 2.23. The Morgan fingerprint density at radius 2 is 1.82 bits per heavy atom. The van der Waals surface area contributed by atoms with Gasteiger partial charge in [-0.15, -0.1) is 0 Å². The quantitative estimate of drug-likeness (QED) is 0.715. The van der Waals surface area contributed by atoms with Crippen LogP contribution in [0.25, 0.3) is 0 Å². The summed E-state index contributed by atoms with van der Waals surface area (Å²) in [5.74, 6) is 0.951. The average molecular weight is 407 g/mol. The Hall–Kier alpha value is -1.56. The van der Waals surface area contributed by atoms with Crippen molar-refractivity contribution in [2.75, 3.05) is 13.1 Å². The Kier molecular flexibility index (Phi) is 4.97. The van der Waals surface area contributed by atoms with Gasteiger partial charge in [-0.25, -0.2) is 0 Å². The Morgan fingerprint density at radius 3 is 2.50 bits per heavy atom. The van der Waals surface area contributed by atoms with Crippen molar-refractivity contribution in [1.82, 2.24) is 4.90 Å². The van der Waals surface area contributed by atoms with E-state index in [1.54, 1.807) is 0 Å². The van der Waals surface area contributed by atoms with Crippen molar-refractivity contribution < 1.29 is 9.53 Å². The lowest BCUT2D eigenvalue weighted by molar-refractivity contribution is 0.0792. The summed E-state index contributed by atoms with van der Waals surface area (Å²) < 4.78 is 6.82. The van der Waals surface area contributed by atoms with Crippen LogP contribution in [0.4, 0.5) is 0 Å². The molecule has 1 amide bonds. The fourth-order valence-electron chi connectivity index (χ4n) is 2.59. The maximum absolute atomic E-state index is 12.4. The molecule has 2 aromatic carbocycles. The Balaban J connectivity index is 1.68. The number of hydrogen-bond donors (Lipinski definition) is 0. The van der Waals surface area contributed by atoms with E-state index in [2.05, 4.69) is 22.6 Å². The second-order valence-electron chi connectivity index (χ2n) is 5.42. The summed E-state index contributed by atoms with van der Waals surface area (Å²) in [7, 11) is 0. The van der Waals surface area contributed by atoms with Crippen LogP contribution in [-0.4, -0.2) is 23.9 Å². The maximum atomic E-state index is 12.4. The molecule has 0 aromatic heterocycles. The van der Waals surface area contributed by atoms with Gasteiger partial charge in [-0.05, 0) is 59.2 Å². The maximum Gasteiger partial charge on any atom is 0.253 e. The van der Waals surface area contributed by atoms with Gasteiger partial charge >= 0.3 is 0 Å². The highest BCUT2D eigenvalue weighted by molar-refractivity contribution is 14.1. The van der Waals surface area contributed by atoms with E-state index in [-0.39, 0.29) is 5.91 Å². The second-order valence-corrected chi connectivity index (χ2v) is 6.58. The van der Waals surface area contributed by atoms with Gasteiger partial charge in [0.2, 0.25) is 0 Å². The summed E-state index contributed by atoms with van der Waals surface area (Å²) in [4.78, 5) is 14.3. The number of benzene rings is 2. The third-order valence-electron chi connectivity index (χ3n) is 3.81. The molecule has 1 fully saturated rings. The SMILES string of the molecule is O=C(c1ccc(OCc2ccccc2)c(I)c1)N1CCCC1. The molecular formula is C18H18INO2. The van der Waals surface area contributed by atoms with Gasteiger partial charge in [0, 0.05) is 18.7 Å². The van der Waals surface area contributed by atoms with E-state index in [1.165, 1.54) is 0 Å². The number of rotatable bonds is 4. The highest BCUT2D eigenvalue weighted by atomic mass is 127. The van der Waals surface area contributed by atoms with Crippen molar-refractivity contribution in [1.29, 1.82) is 0 Å². The molecule has 1 saturated heterocycles. The van der Waals surface area contributed by atoms with Crippen LogP contribution in [0.5, 0.6) is 5.75 Å². The van der Waals surface area contributed by atoms with E-state index in [9.17, 15) is 4.79 Å². The van der Waals surface area contributed by atoms with Crippen molar-refractivity contribution in [2.24, 2.45) is 0 Å².